The molecule has 0 radical (unpaired) electrons. The van der Waals surface area contributed by atoms with Crippen LogP contribution >= 0.6 is 0 Å². The first-order chi connectivity index (χ1) is 11.2. The largest absolute Gasteiger partial charge is 0.428 e. The van der Waals surface area contributed by atoms with E-state index in [1.165, 1.54) is 70.6 Å². The van der Waals surface area contributed by atoms with Crippen molar-refractivity contribution in [2.45, 2.75) is 96.8 Å². The van der Waals surface area contributed by atoms with Crippen LogP contribution in [0.25, 0.3) is 0 Å². The Labute approximate surface area is 141 Å². The summed E-state index contributed by atoms with van der Waals surface area (Å²) in [5, 5.41) is 0. The molecule has 0 aromatic carbocycles. The van der Waals surface area contributed by atoms with Gasteiger partial charge in [0.05, 0.1) is 0 Å². The summed E-state index contributed by atoms with van der Waals surface area (Å²) in [5.41, 5.74) is 4.75. The average molecular weight is 329 g/mol. The van der Waals surface area contributed by atoms with Crippen molar-refractivity contribution in [3.63, 3.8) is 0 Å². The van der Waals surface area contributed by atoms with E-state index < -0.39 is 6.09 Å². The predicted octanol–water partition coefficient (Wildman–Crippen LogP) is 5.06. The van der Waals surface area contributed by atoms with Gasteiger partial charge in [-0.3, -0.25) is 4.79 Å². The van der Waals surface area contributed by atoms with Gasteiger partial charge >= 0.3 is 12.1 Å². The summed E-state index contributed by atoms with van der Waals surface area (Å²) in [5.74, 6) is -0.339. The Morgan fingerprint density at radius 3 is 1.57 bits per heavy atom. The van der Waals surface area contributed by atoms with Gasteiger partial charge in [0.1, 0.15) is 0 Å². The molecule has 0 aromatic rings. The minimum atomic E-state index is -0.932. The smallest absolute Gasteiger partial charge is 0.407 e. The summed E-state index contributed by atoms with van der Waals surface area (Å²) in [4.78, 5) is 21.5. The van der Waals surface area contributed by atoms with Gasteiger partial charge < -0.3 is 15.2 Å². The molecular weight excluding hydrogens is 294 g/mol. The first-order valence-corrected chi connectivity index (χ1v) is 9.24. The van der Waals surface area contributed by atoms with Gasteiger partial charge in [-0.15, -0.1) is 0 Å². The van der Waals surface area contributed by atoms with E-state index in [0.717, 1.165) is 12.8 Å². The molecule has 0 spiro atoms. The fraction of sp³-hybridized carbons (Fsp3) is 0.889. The van der Waals surface area contributed by atoms with Crippen molar-refractivity contribution in [2.24, 2.45) is 5.73 Å². The second-order valence-corrected chi connectivity index (χ2v) is 6.09. The van der Waals surface area contributed by atoms with Gasteiger partial charge in [-0.05, 0) is 6.42 Å². The van der Waals surface area contributed by atoms with Gasteiger partial charge in [0, 0.05) is 6.42 Å². The Bertz CT molecular complexity index is 295. The third-order valence-electron chi connectivity index (χ3n) is 3.91. The highest BCUT2D eigenvalue weighted by Gasteiger charge is 2.03. The number of nitrogens with two attached hydrogens (primary N) is 1. The number of hydrogen-bond acceptors (Lipinski definition) is 4. The molecule has 0 atom stereocenters. The van der Waals surface area contributed by atoms with Crippen LogP contribution in [0.15, 0.2) is 0 Å². The highest BCUT2D eigenvalue weighted by Crippen LogP contribution is 2.13. The Hall–Kier alpha value is -1.26. The van der Waals surface area contributed by atoms with Crippen LogP contribution in [0.1, 0.15) is 96.8 Å². The first kappa shape index (κ1) is 21.7. The number of unbranched alkanes of at least 4 members (excludes halogenated alkanes) is 12. The van der Waals surface area contributed by atoms with E-state index in [-0.39, 0.29) is 12.8 Å². The number of ether oxygens (including phenoxy) is 2. The molecule has 23 heavy (non-hydrogen) atoms. The summed E-state index contributed by atoms with van der Waals surface area (Å²) >= 11 is 0. The van der Waals surface area contributed by atoms with Crippen LogP contribution in [-0.2, 0) is 14.3 Å². The van der Waals surface area contributed by atoms with Crippen molar-refractivity contribution < 1.29 is 19.1 Å². The molecule has 0 heterocycles. The zero-order valence-electron chi connectivity index (χ0n) is 14.8. The van der Waals surface area contributed by atoms with Crippen LogP contribution in [0.3, 0.4) is 0 Å². The zero-order chi connectivity index (χ0) is 17.2. The van der Waals surface area contributed by atoms with Gasteiger partial charge in [-0.1, -0.05) is 84.0 Å². The number of rotatable bonds is 16. The fourth-order valence-electron chi connectivity index (χ4n) is 2.51. The number of esters is 1. The minimum Gasteiger partial charge on any atom is -0.428 e. The standard InChI is InChI=1S/C18H35NO4/c1-2-3-4-5-6-7-8-9-10-11-12-13-14-15-17(20)22-16-23-18(19)21/h2-16H2,1H3,(H2,19,21). The maximum Gasteiger partial charge on any atom is 0.407 e. The van der Waals surface area contributed by atoms with Crippen LogP contribution in [0, 0.1) is 0 Å². The van der Waals surface area contributed by atoms with Crippen LogP contribution in [0.2, 0.25) is 0 Å². The molecule has 0 fully saturated rings. The van der Waals surface area contributed by atoms with Crippen LogP contribution in [-0.4, -0.2) is 18.9 Å². The summed E-state index contributed by atoms with van der Waals surface area (Å²) in [6, 6.07) is 0. The Morgan fingerprint density at radius 2 is 1.13 bits per heavy atom. The number of carbonyl (C=O) groups excluding carboxylic acids is 2. The number of primary amides is 1. The summed E-state index contributed by atoms with van der Waals surface area (Å²) in [6.45, 7) is 1.87. The van der Waals surface area contributed by atoms with E-state index in [1.807, 2.05) is 0 Å². The van der Waals surface area contributed by atoms with Gasteiger partial charge in [0.25, 0.3) is 0 Å². The predicted molar refractivity (Wildman–Crippen MR) is 91.9 cm³/mol. The van der Waals surface area contributed by atoms with Crippen molar-refractivity contribution in [3.05, 3.63) is 0 Å². The summed E-state index contributed by atoms with van der Waals surface area (Å²) < 4.78 is 9.03. The molecule has 0 unspecified atom stereocenters. The molecule has 0 saturated heterocycles. The quantitative estimate of drug-likeness (QED) is 0.244. The molecule has 0 rings (SSSR count). The Morgan fingerprint density at radius 1 is 0.696 bits per heavy atom. The lowest BCUT2D eigenvalue weighted by Crippen LogP contribution is -2.17. The Balaban J connectivity index is 3.12. The van der Waals surface area contributed by atoms with Crippen molar-refractivity contribution in [3.8, 4) is 0 Å². The molecule has 0 aliphatic carbocycles. The molecule has 0 aliphatic heterocycles. The average Bonchev–Trinajstić information content (AvgIpc) is 2.51. The summed E-state index contributed by atoms with van der Waals surface area (Å²) in [6.07, 6.45) is 16.0. The molecule has 5 heteroatoms. The van der Waals surface area contributed by atoms with E-state index in [9.17, 15) is 9.59 Å². The van der Waals surface area contributed by atoms with E-state index in [0.29, 0.717) is 6.42 Å². The van der Waals surface area contributed by atoms with Crippen LogP contribution < -0.4 is 5.73 Å². The van der Waals surface area contributed by atoms with Gasteiger partial charge in [0.15, 0.2) is 0 Å². The van der Waals surface area contributed by atoms with Crippen molar-refractivity contribution >= 4 is 12.1 Å². The van der Waals surface area contributed by atoms with Crippen molar-refractivity contribution in [1.82, 2.24) is 0 Å². The highest BCUT2D eigenvalue weighted by atomic mass is 16.7. The fourth-order valence-corrected chi connectivity index (χ4v) is 2.51. The molecule has 1 amide bonds. The molecular formula is C18H35NO4. The normalized spacial score (nSPS) is 10.5. The monoisotopic (exact) mass is 329 g/mol. The first-order valence-electron chi connectivity index (χ1n) is 9.24. The van der Waals surface area contributed by atoms with Gasteiger partial charge in [-0.2, -0.15) is 0 Å². The molecule has 0 saturated carbocycles. The maximum absolute atomic E-state index is 11.3. The zero-order valence-corrected chi connectivity index (χ0v) is 14.8. The van der Waals surface area contributed by atoms with Gasteiger partial charge in [0.2, 0.25) is 6.79 Å². The van der Waals surface area contributed by atoms with Gasteiger partial charge in [-0.25, -0.2) is 4.79 Å². The lowest BCUT2D eigenvalue weighted by molar-refractivity contribution is -0.151. The second kappa shape index (κ2) is 17.1. The van der Waals surface area contributed by atoms with Crippen molar-refractivity contribution in [1.29, 1.82) is 0 Å². The number of amides is 1. The lowest BCUT2D eigenvalue weighted by atomic mass is 10.0. The third-order valence-corrected chi connectivity index (χ3v) is 3.91. The number of hydrogen-bond donors (Lipinski definition) is 1. The minimum absolute atomic E-state index is 0.339. The van der Waals surface area contributed by atoms with Crippen molar-refractivity contribution in [2.75, 3.05) is 6.79 Å². The molecule has 2 N–H and O–H groups in total. The highest BCUT2D eigenvalue weighted by molar-refractivity contribution is 5.69. The molecule has 0 bridgehead atoms. The molecule has 0 aliphatic rings. The maximum atomic E-state index is 11.3. The summed E-state index contributed by atoms with van der Waals surface area (Å²) in [7, 11) is 0. The lowest BCUT2D eigenvalue weighted by Gasteiger charge is -2.04. The molecule has 5 nitrogen and oxygen atoms in total. The van der Waals surface area contributed by atoms with Crippen LogP contribution in [0.4, 0.5) is 4.79 Å². The van der Waals surface area contributed by atoms with E-state index in [1.54, 1.807) is 0 Å². The van der Waals surface area contributed by atoms with E-state index >= 15 is 0 Å². The van der Waals surface area contributed by atoms with E-state index in [4.69, 9.17) is 10.5 Å². The molecule has 0 aromatic heterocycles. The topological polar surface area (TPSA) is 78.6 Å². The SMILES string of the molecule is CCCCCCCCCCCCCCCC(=O)OCOC(N)=O. The third kappa shape index (κ3) is 18.7. The van der Waals surface area contributed by atoms with E-state index in [2.05, 4.69) is 11.7 Å². The van der Waals surface area contributed by atoms with Crippen LogP contribution in [0.5, 0.6) is 0 Å². The number of carbonyl (C=O) groups is 2. The molecule has 136 valence electrons. The second-order valence-electron chi connectivity index (χ2n) is 6.09. The Kier molecular flexibility index (Phi) is 16.2.